The number of aliphatic hydroxyl groups excluding tert-OH is 1. The average molecular weight is 295 g/mol. The van der Waals surface area contributed by atoms with Crippen LogP contribution < -0.4 is 5.32 Å². The van der Waals surface area contributed by atoms with Gasteiger partial charge in [0.05, 0.1) is 5.02 Å². The lowest BCUT2D eigenvalue weighted by molar-refractivity contribution is -0.146. The summed E-state index contributed by atoms with van der Waals surface area (Å²) in [4.78, 5) is 22.0. The second-order valence-electron chi connectivity index (χ2n) is 3.63. The molecule has 8 heteroatoms. The van der Waals surface area contributed by atoms with Gasteiger partial charge in [-0.25, -0.2) is 4.79 Å². The smallest absolute Gasteiger partial charge is 0.332 e. The van der Waals surface area contributed by atoms with Gasteiger partial charge in [0.2, 0.25) is 0 Å². The van der Waals surface area contributed by atoms with Crippen LogP contribution in [0, 0.1) is 0 Å². The maximum atomic E-state index is 11.7. The number of amides is 1. The van der Waals surface area contributed by atoms with Gasteiger partial charge in [-0.1, -0.05) is 23.2 Å². The summed E-state index contributed by atoms with van der Waals surface area (Å²) in [7, 11) is 1.58. The summed E-state index contributed by atoms with van der Waals surface area (Å²) >= 11 is 11.6. The van der Waals surface area contributed by atoms with Crippen molar-refractivity contribution in [3.8, 4) is 0 Å². The predicted molar refractivity (Wildman–Crippen MR) is 66.0 cm³/mol. The van der Waals surface area contributed by atoms with Gasteiger partial charge in [0, 0.05) is 20.0 Å². The molecule has 1 amide bonds. The third kappa shape index (κ3) is 3.38. The number of aliphatic hydroxyl groups is 1. The predicted octanol–water partition coefficient (Wildman–Crippen LogP) is 0.897. The summed E-state index contributed by atoms with van der Waals surface area (Å²) < 4.78 is 1.41. The molecule has 1 unspecified atom stereocenters. The van der Waals surface area contributed by atoms with Crippen LogP contribution in [0.3, 0.4) is 0 Å². The molecule has 6 nitrogen and oxygen atoms in total. The van der Waals surface area contributed by atoms with E-state index in [1.165, 1.54) is 10.6 Å². The number of halogens is 2. The Labute approximate surface area is 113 Å². The summed E-state index contributed by atoms with van der Waals surface area (Å²) in [5.41, 5.74) is 0.259. The first kappa shape index (κ1) is 14.8. The molecule has 100 valence electrons. The second kappa shape index (κ2) is 6.08. The van der Waals surface area contributed by atoms with Crippen molar-refractivity contribution in [2.24, 2.45) is 7.05 Å². The zero-order valence-electron chi connectivity index (χ0n) is 9.48. The molecule has 1 rings (SSSR count). The number of carboxylic acids is 1. The van der Waals surface area contributed by atoms with E-state index in [-0.39, 0.29) is 28.8 Å². The average Bonchev–Trinajstić information content (AvgIpc) is 2.56. The molecule has 0 aromatic carbocycles. The third-order valence-electron chi connectivity index (χ3n) is 2.34. The summed E-state index contributed by atoms with van der Waals surface area (Å²) in [6.07, 6.45) is -1.57. The standard InChI is InChI=1S/C10H12Cl2N2O4/c1-14-6(4-5(11)8(14)12)9(16)13-3-2-7(15)10(17)18/h4,7,15H,2-3H2,1H3,(H,13,16)(H,17,18). The molecule has 0 aliphatic heterocycles. The van der Waals surface area contributed by atoms with Crippen molar-refractivity contribution in [1.82, 2.24) is 9.88 Å². The molecule has 3 N–H and O–H groups in total. The zero-order chi connectivity index (χ0) is 13.9. The molecule has 0 saturated carbocycles. The molecule has 0 aliphatic rings. The van der Waals surface area contributed by atoms with Crippen LogP contribution in [-0.2, 0) is 11.8 Å². The molecule has 0 bridgehead atoms. The summed E-state index contributed by atoms with van der Waals surface area (Å²) in [6, 6.07) is 1.41. The van der Waals surface area contributed by atoms with Gasteiger partial charge >= 0.3 is 5.97 Å². The Morgan fingerprint density at radius 3 is 2.56 bits per heavy atom. The first-order valence-corrected chi connectivity index (χ1v) is 5.80. The Morgan fingerprint density at radius 1 is 1.50 bits per heavy atom. The van der Waals surface area contributed by atoms with Gasteiger partial charge < -0.3 is 20.1 Å². The van der Waals surface area contributed by atoms with Gasteiger partial charge in [-0.05, 0) is 6.07 Å². The first-order valence-electron chi connectivity index (χ1n) is 5.04. The maximum Gasteiger partial charge on any atom is 0.332 e. The van der Waals surface area contributed by atoms with Gasteiger partial charge in [0.25, 0.3) is 5.91 Å². The third-order valence-corrected chi connectivity index (χ3v) is 3.18. The van der Waals surface area contributed by atoms with Crippen LogP contribution in [0.1, 0.15) is 16.9 Å². The SMILES string of the molecule is Cn1c(C(=O)NCCC(O)C(=O)O)cc(Cl)c1Cl. The van der Waals surface area contributed by atoms with Crippen LogP contribution in [0.4, 0.5) is 0 Å². The number of nitrogens with zero attached hydrogens (tertiary/aromatic N) is 1. The molecule has 1 aromatic heterocycles. The normalized spacial score (nSPS) is 12.2. The highest BCUT2D eigenvalue weighted by Gasteiger charge is 2.17. The van der Waals surface area contributed by atoms with Crippen molar-refractivity contribution in [1.29, 1.82) is 0 Å². The monoisotopic (exact) mass is 294 g/mol. The van der Waals surface area contributed by atoms with Crippen LogP contribution in [0.5, 0.6) is 0 Å². The fourth-order valence-corrected chi connectivity index (χ4v) is 1.67. The van der Waals surface area contributed by atoms with Crippen molar-refractivity contribution >= 4 is 35.1 Å². The highest BCUT2D eigenvalue weighted by molar-refractivity contribution is 6.41. The molecule has 0 spiro atoms. The van der Waals surface area contributed by atoms with Crippen molar-refractivity contribution in [2.45, 2.75) is 12.5 Å². The summed E-state index contributed by atoms with van der Waals surface area (Å²) in [5, 5.41) is 20.4. The largest absolute Gasteiger partial charge is 0.479 e. The molecule has 0 fully saturated rings. The van der Waals surface area contributed by atoms with Gasteiger partial charge in [0.15, 0.2) is 6.10 Å². The van der Waals surface area contributed by atoms with Crippen LogP contribution in [0.2, 0.25) is 10.2 Å². The minimum atomic E-state index is -1.49. The fourth-order valence-electron chi connectivity index (χ4n) is 1.30. The van der Waals surface area contributed by atoms with Crippen LogP contribution >= 0.6 is 23.2 Å². The summed E-state index contributed by atoms with van der Waals surface area (Å²) in [6.45, 7) is 0.0344. The van der Waals surface area contributed by atoms with Gasteiger partial charge in [-0.15, -0.1) is 0 Å². The second-order valence-corrected chi connectivity index (χ2v) is 4.39. The van der Waals surface area contributed by atoms with Gasteiger partial charge in [-0.3, -0.25) is 4.79 Å². The Bertz CT molecular complexity index is 473. The van der Waals surface area contributed by atoms with E-state index in [0.29, 0.717) is 0 Å². The molecule has 1 aromatic rings. The number of rotatable bonds is 5. The zero-order valence-corrected chi connectivity index (χ0v) is 11.0. The molecule has 0 radical (unpaired) electrons. The van der Waals surface area contributed by atoms with Crippen molar-refractivity contribution < 1.29 is 19.8 Å². The van der Waals surface area contributed by atoms with E-state index in [0.717, 1.165) is 0 Å². The number of hydrogen-bond acceptors (Lipinski definition) is 3. The van der Waals surface area contributed by atoms with E-state index in [1.807, 2.05) is 0 Å². The van der Waals surface area contributed by atoms with E-state index < -0.39 is 18.0 Å². The van der Waals surface area contributed by atoms with E-state index in [2.05, 4.69) is 5.32 Å². The van der Waals surface area contributed by atoms with Crippen molar-refractivity contribution in [2.75, 3.05) is 6.54 Å². The first-order chi connectivity index (χ1) is 8.34. The molecule has 0 saturated heterocycles. The molecular formula is C10H12Cl2N2O4. The Morgan fingerprint density at radius 2 is 2.11 bits per heavy atom. The Hall–Kier alpha value is -1.24. The lowest BCUT2D eigenvalue weighted by atomic mass is 10.2. The number of nitrogens with one attached hydrogen (secondary N) is 1. The number of aliphatic carboxylic acids is 1. The quantitative estimate of drug-likeness (QED) is 0.752. The summed E-state index contributed by atoms with van der Waals surface area (Å²) in [5.74, 6) is -1.77. The number of carboxylic acid groups (broad SMARTS) is 1. The molecular weight excluding hydrogens is 283 g/mol. The number of carbonyl (C=O) groups excluding carboxylic acids is 1. The minimum absolute atomic E-state index is 0.0344. The highest BCUT2D eigenvalue weighted by atomic mass is 35.5. The lowest BCUT2D eigenvalue weighted by Crippen LogP contribution is -2.31. The van der Waals surface area contributed by atoms with Crippen molar-refractivity contribution in [3.63, 3.8) is 0 Å². The topological polar surface area (TPSA) is 91.6 Å². The molecule has 1 heterocycles. The van der Waals surface area contributed by atoms with Gasteiger partial charge in [-0.2, -0.15) is 0 Å². The Balaban J connectivity index is 2.56. The molecule has 1 atom stereocenters. The van der Waals surface area contributed by atoms with E-state index in [4.69, 9.17) is 33.4 Å². The van der Waals surface area contributed by atoms with Crippen LogP contribution in [0.25, 0.3) is 0 Å². The highest BCUT2D eigenvalue weighted by Crippen LogP contribution is 2.24. The fraction of sp³-hybridized carbons (Fsp3) is 0.400. The number of carbonyl (C=O) groups is 2. The Kier molecular flexibility index (Phi) is 5.01. The lowest BCUT2D eigenvalue weighted by Gasteiger charge is -2.08. The minimum Gasteiger partial charge on any atom is -0.479 e. The van der Waals surface area contributed by atoms with Crippen molar-refractivity contribution in [3.05, 3.63) is 21.9 Å². The van der Waals surface area contributed by atoms with Gasteiger partial charge in [0.1, 0.15) is 10.8 Å². The van der Waals surface area contributed by atoms with E-state index in [1.54, 1.807) is 7.05 Å². The van der Waals surface area contributed by atoms with E-state index >= 15 is 0 Å². The number of aromatic nitrogens is 1. The number of hydrogen-bond donors (Lipinski definition) is 3. The maximum absolute atomic E-state index is 11.7. The van der Waals surface area contributed by atoms with Crippen LogP contribution in [-0.4, -0.2) is 39.3 Å². The molecule has 0 aliphatic carbocycles. The van der Waals surface area contributed by atoms with Crippen LogP contribution in [0.15, 0.2) is 6.07 Å². The molecule has 18 heavy (non-hydrogen) atoms. The van der Waals surface area contributed by atoms with E-state index in [9.17, 15) is 9.59 Å².